The molecule has 1 heteroatoms. The minimum Gasteiger partial charge on any atom is -0.358 e. The van der Waals surface area contributed by atoms with Crippen molar-refractivity contribution < 1.29 is 25.8 Å². The van der Waals surface area contributed by atoms with Crippen molar-refractivity contribution in [1.82, 2.24) is 0 Å². The normalized spacial score (nSPS) is 9.96. The van der Waals surface area contributed by atoms with Gasteiger partial charge in [-0.25, -0.2) is 12.1 Å². The molecular weight excluding hydrogens is 503 g/mol. The summed E-state index contributed by atoms with van der Waals surface area (Å²) < 4.78 is 0. The average Bonchev–Trinajstić information content (AvgIpc) is 3.19. The molecule has 3 aromatic carbocycles. The quantitative estimate of drug-likeness (QED) is 0.225. The van der Waals surface area contributed by atoms with Crippen molar-refractivity contribution in [2.75, 3.05) is 0 Å². The molecule has 0 aromatic heterocycles. The van der Waals surface area contributed by atoms with Crippen LogP contribution in [0.4, 0.5) is 0 Å². The van der Waals surface area contributed by atoms with Crippen molar-refractivity contribution in [3.05, 3.63) is 116 Å². The van der Waals surface area contributed by atoms with Gasteiger partial charge in [0.15, 0.2) is 0 Å². The molecule has 0 radical (unpaired) electrons. The summed E-state index contributed by atoms with van der Waals surface area (Å²) in [5, 5.41) is 2.96. The number of aryl methyl sites for hydroxylation is 2. The molecule has 0 saturated heterocycles. The van der Waals surface area contributed by atoms with Crippen molar-refractivity contribution in [2.24, 2.45) is 5.92 Å². The van der Waals surface area contributed by atoms with E-state index in [2.05, 4.69) is 38.1 Å². The summed E-state index contributed by atoms with van der Waals surface area (Å²) in [4.78, 5) is 0. The minimum atomic E-state index is 0. The van der Waals surface area contributed by atoms with E-state index in [9.17, 15) is 0 Å². The monoisotopic (exact) mass is 546 g/mol. The Kier molecular flexibility index (Phi) is 24.4. The van der Waals surface area contributed by atoms with E-state index in [4.69, 9.17) is 0 Å². The van der Waals surface area contributed by atoms with Crippen LogP contribution in [-0.4, -0.2) is 0 Å². The van der Waals surface area contributed by atoms with Crippen molar-refractivity contribution >= 4 is 10.8 Å². The van der Waals surface area contributed by atoms with Crippen LogP contribution < -0.4 is 0 Å². The molecule has 0 N–H and O–H groups in total. The Balaban J connectivity index is -0.000000132. The Labute approximate surface area is 197 Å². The molecule has 28 heavy (non-hydrogen) atoms. The zero-order valence-corrected chi connectivity index (χ0v) is 23.2. The maximum Gasteiger partial charge on any atom is 0 e. The largest absolute Gasteiger partial charge is 0.358 e. The summed E-state index contributed by atoms with van der Waals surface area (Å²) in [6, 6.07) is 19.5. The van der Waals surface area contributed by atoms with E-state index in [1.165, 1.54) is 36.5 Å². The third-order valence-electron chi connectivity index (χ3n) is 4.26. The molecule has 162 valence electrons. The fourth-order valence-electron chi connectivity index (χ4n) is 3.28. The summed E-state index contributed by atoms with van der Waals surface area (Å²) in [5.41, 5.74) is 4.73. The van der Waals surface area contributed by atoms with Gasteiger partial charge in [-0.3, -0.25) is 0 Å². The topological polar surface area (TPSA) is 0 Å². The molecule has 0 aliphatic heterocycles. The summed E-state index contributed by atoms with van der Waals surface area (Å²) >= 11 is 0. The molecule has 0 amide bonds. The zero-order chi connectivity index (χ0) is 14.7. The number of rotatable bonds is 2. The van der Waals surface area contributed by atoms with Crippen LogP contribution in [0.3, 0.4) is 0 Å². The van der Waals surface area contributed by atoms with Crippen LogP contribution in [0.5, 0.6) is 0 Å². The van der Waals surface area contributed by atoms with Gasteiger partial charge in [-0.2, -0.15) is 24.3 Å². The second-order valence-electron chi connectivity index (χ2n) is 6.48. The second-order valence-corrected chi connectivity index (χ2v) is 6.48. The van der Waals surface area contributed by atoms with Crippen LogP contribution in [0.25, 0.3) is 10.8 Å². The van der Waals surface area contributed by atoms with Gasteiger partial charge in [0.05, 0.1) is 0 Å². The first-order chi connectivity index (χ1) is 10.2. The number of hydrogen-bond acceptors (Lipinski definition) is 0. The van der Waals surface area contributed by atoms with Crippen LogP contribution in [0, 0.1) is 50.5 Å². The van der Waals surface area contributed by atoms with Crippen LogP contribution in [0.2, 0.25) is 0 Å². The fourth-order valence-corrected chi connectivity index (χ4v) is 3.28. The zero-order valence-electron chi connectivity index (χ0n) is 19.6. The van der Waals surface area contributed by atoms with E-state index in [0.717, 1.165) is 5.92 Å². The van der Waals surface area contributed by atoms with E-state index in [1.807, 2.05) is 30.3 Å². The van der Waals surface area contributed by atoms with Crippen LogP contribution >= 0.6 is 0 Å². The Hall–Kier alpha value is -0.950. The van der Waals surface area contributed by atoms with Gasteiger partial charge in [-0.1, -0.05) is 37.3 Å². The smallest absolute Gasteiger partial charge is 0 e. The fraction of sp³-hybridized carbons (Fsp3) is 0.259. The first-order valence-corrected chi connectivity index (χ1v) is 8.11. The van der Waals surface area contributed by atoms with E-state index >= 15 is 0 Å². The standard InChI is InChI=1S/C16H19.C5H5.6CH3.Hf/c1-11(2)8-14-6-7-15-9-12-4-3-5-13(12)10-16(14)15;1-2-4-5-3-1;;;;;;;/h6-7,9-11H,3-5,8H2,1-2H3;1-5H;6*1H3;/q8*-1;. The van der Waals surface area contributed by atoms with Crippen LogP contribution in [0.15, 0.2) is 54.6 Å². The van der Waals surface area contributed by atoms with Crippen molar-refractivity contribution in [2.45, 2.75) is 39.5 Å². The van der Waals surface area contributed by atoms with E-state index in [-0.39, 0.29) is 70.4 Å². The third-order valence-corrected chi connectivity index (χ3v) is 4.26. The number of hydrogen-bond donors (Lipinski definition) is 0. The van der Waals surface area contributed by atoms with Gasteiger partial charge in [-0.15, -0.1) is 34.5 Å². The van der Waals surface area contributed by atoms with Crippen molar-refractivity contribution in [1.29, 1.82) is 0 Å². The number of fused-ring (bicyclic) bond motifs is 2. The molecule has 1 aliphatic rings. The average molecular weight is 545 g/mol. The molecular formula is C27H42Hf-8. The molecule has 3 aromatic rings. The van der Waals surface area contributed by atoms with Crippen molar-refractivity contribution in [3.8, 4) is 0 Å². The first-order valence-electron chi connectivity index (χ1n) is 8.11. The predicted molar refractivity (Wildman–Crippen MR) is 131 cm³/mol. The molecule has 0 heterocycles. The predicted octanol–water partition coefficient (Wildman–Crippen LogP) is 8.35. The molecule has 0 saturated carbocycles. The Morgan fingerprint density at radius 2 is 1.43 bits per heavy atom. The summed E-state index contributed by atoms with van der Waals surface area (Å²) in [6.07, 6.45) is 5.14. The van der Waals surface area contributed by atoms with Gasteiger partial charge in [-0.05, 0) is 19.3 Å². The molecule has 0 spiro atoms. The van der Waals surface area contributed by atoms with Gasteiger partial charge in [0.25, 0.3) is 0 Å². The molecule has 0 bridgehead atoms. The maximum absolute atomic E-state index is 2.45. The first kappa shape index (κ1) is 37.8. The Morgan fingerprint density at radius 1 is 0.893 bits per heavy atom. The molecule has 0 unspecified atom stereocenters. The second kappa shape index (κ2) is 18.1. The van der Waals surface area contributed by atoms with E-state index in [0.29, 0.717) is 0 Å². The number of benzene rings is 1. The summed E-state index contributed by atoms with van der Waals surface area (Å²) in [6.45, 7) is 4.60. The van der Waals surface area contributed by atoms with Gasteiger partial charge >= 0.3 is 0 Å². The van der Waals surface area contributed by atoms with Crippen molar-refractivity contribution in [3.63, 3.8) is 0 Å². The third kappa shape index (κ3) is 9.50. The molecule has 0 atom stereocenters. The summed E-state index contributed by atoms with van der Waals surface area (Å²) in [7, 11) is 0. The van der Waals surface area contributed by atoms with Gasteiger partial charge in [0.2, 0.25) is 0 Å². The van der Waals surface area contributed by atoms with Gasteiger partial charge < -0.3 is 44.6 Å². The molecule has 0 nitrogen and oxygen atoms in total. The minimum absolute atomic E-state index is 0. The molecule has 4 rings (SSSR count). The van der Waals surface area contributed by atoms with Gasteiger partial charge in [0.1, 0.15) is 0 Å². The maximum atomic E-state index is 2.45. The van der Waals surface area contributed by atoms with Gasteiger partial charge in [0, 0.05) is 25.8 Å². The summed E-state index contributed by atoms with van der Waals surface area (Å²) in [5.74, 6) is 0.749. The molecule has 1 aliphatic carbocycles. The van der Waals surface area contributed by atoms with Crippen LogP contribution in [-0.2, 0) is 45.1 Å². The Morgan fingerprint density at radius 3 is 1.89 bits per heavy atom. The SMILES string of the molecule is CC(C)C[c-]1ccc2cc3c(cc21)CCC3.[CH3-].[CH3-].[CH3-].[CH3-].[CH3-].[CH3-].[Hf].c1cc[cH-]c1. The van der Waals surface area contributed by atoms with E-state index < -0.39 is 0 Å². The van der Waals surface area contributed by atoms with Crippen LogP contribution in [0.1, 0.15) is 37.0 Å². The van der Waals surface area contributed by atoms with E-state index in [1.54, 1.807) is 16.7 Å². The Bertz CT molecular complexity index is 669. The molecule has 0 fully saturated rings.